The Hall–Kier alpha value is -1.52. The molecule has 1 aromatic carbocycles. The minimum absolute atomic E-state index is 0.415. The van der Waals surface area contributed by atoms with E-state index in [-0.39, 0.29) is 0 Å². The number of oxime groups is 1. The van der Waals surface area contributed by atoms with E-state index < -0.39 is 43.6 Å². The van der Waals surface area contributed by atoms with Crippen LogP contribution >= 0.6 is 11.6 Å². The molecule has 1 aromatic rings. The van der Waals surface area contributed by atoms with Gasteiger partial charge in [0.1, 0.15) is 4.90 Å². The van der Waals surface area contributed by atoms with Crippen LogP contribution in [0.1, 0.15) is 12.5 Å². The van der Waals surface area contributed by atoms with Crippen molar-refractivity contribution in [2.45, 2.75) is 24.0 Å². The average Bonchev–Trinajstić information content (AvgIpc) is 2.35. The van der Waals surface area contributed by atoms with Crippen molar-refractivity contribution in [3.63, 3.8) is 0 Å². The van der Waals surface area contributed by atoms with Gasteiger partial charge in [0.2, 0.25) is 10.0 Å². The third kappa shape index (κ3) is 4.22. The van der Waals surface area contributed by atoms with Crippen molar-refractivity contribution in [1.82, 2.24) is 4.72 Å². The van der Waals surface area contributed by atoms with Crippen molar-refractivity contribution in [2.24, 2.45) is 10.9 Å². The van der Waals surface area contributed by atoms with Crippen molar-refractivity contribution < 1.29 is 26.8 Å². The quantitative estimate of drug-likeness (QED) is 0.335. The number of nitrogens with zero attached hydrogens (tertiary/aromatic N) is 1. The summed E-state index contributed by atoms with van der Waals surface area (Å²) in [5.41, 5.74) is 4.14. The monoisotopic (exact) mass is 345 g/mol. The molecule has 0 aliphatic heterocycles. The Kier molecular flexibility index (Phi) is 5.07. The van der Waals surface area contributed by atoms with E-state index in [1.165, 1.54) is 6.92 Å². The average molecular weight is 346 g/mol. The fourth-order valence-electron chi connectivity index (χ4n) is 1.34. The molecule has 1 rings (SSSR count). The van der Waals surface area contributed by atoms with Gasteiger partial charge in [0.25, 0.3) is 0 Å². The molecular formula is C10H11ClF3N3O3S. The van der Waals surface area contributed by atoms with Crippen LogP contribution in [-0.4, -0.2) is 25.5 Å². The summed E-state index contributed by atoms with van der Waals surface area (Å²) in [6.45, 7) is 1.28. The Morgan fingerprint density at radius 3 is 2.48 bits per heavy atom. The molecule has 0 aliphatic carbocycles. The lowest BCUT2D eigenvalue weighted by Gasteiger charge is -2.14. The number of hydrogen-bond acceptors (Lipinski definition) is 4. The smallest absolute Gasteiger partial charge is 0.409 e. The van der Waals surface area contributed by atoms with Gasteiger partial charge in [-0.15, -0.1) is 0 Å². The number of rotatable bonds is 4. The van der Waals surface area contributed by atoms with Gasteiger partial charge < -0.3 is 10.9 Å². The number of halogens is 4. The SMILES string of the molecule is C[C@H](NS(=O)(=O)c1ccc(C(F)(F)F)cc1Cl)C(N)=NO. The first-order chi connectivity index (χ1) is 9.49. The number of hydrogen-bond donors (Lipinski definition) is 3. The summed E-state index contributed by atoms with van der Waals surface area (Å²) < 4.78 is 63.4. The summed E-state index contributed by atoms with van der Waals surface area (Å²) in [5.74, 6) is -0.415. The van der Waals surface area contributed by atoms with E-state index in [9.17, 15) is 21.6 Å². The zero-order chi connectivity index (χ0) is 16.4. The van der Waals surface area contributed by atoms with E-state index in [4.69, 9.17) is 22.5 Å². The van der Waals surface area contributed by atoms with Gasteiger partial charge in [-0.1, -0.05) is 16.8 Å². The molecule has 0 aliphatic rings. The van der Waals surface area contributed by atoms with Gasteiger partial charge >= 0.3 is 6.18 Å². The molecule has 0 amide bonds. The maximum absolute atomic E-state index is 12.5. The van der Waals surface area contributed by atoms with Crippen molar-refractivity contribution in [3.05, 3.63) is 28.8 Å². The number of amidine groups is 1. The molecule has 0 heterocycles. The third-order valence-electron chi connectivity index (χ3n) is 2.44. The summed E-state index contributed by atoms with van der Waals surface area (Å²) >= 11 is 5.59. The highest BCUT2D eigenvalue weighted by Crippen LogP contribution is 2.33. The summed E-state index contributed by atoms with van der Waals surface area (Å²) in [6.07, 6.45) is -4.64. The Bertz CT molecular complexity index is 661. The van der Waals surface area contributed by atoms with Crippen LogP contribution in [0.15, 0.2) is 28.3 Å². The maximum atomic E-state index is 12.5. The first kappa shape index (κ1) is 17.5. The second-order valence-electron chi connectivity index (χ2n) is 4.01. The molecule has 21 heavy (non-hydrogen) atoms. The van der Waals surface area contributed by atoms with Crippen LogP contribution in [0.2, 0.25) is 5.02 Å². The van der Waals surface area contributed by atoms with E-state index in [2.05, 4.69) is 5.16 Å². The number of benzene rings is 1. The third-order valence-corrected chi connectivity index (χ3v) is 4.46. The summed E-state index contributed by atoms with van der Waals surface area (Å²) in [4.78, 5) is -0.547. The van der Waals surface area contributed by atoms with Crippen LogP contribution < -0.4 is 10.5 Å². The lowest BCUT2D eigenvalue weighted by atomic mass is 10.2. The highest BCUT2D eigenvalue weighted by Gasteiger charge is 2.32. The molecular weight excluding hydrogens is 335 g/mol. The van der Waals surface area contributed by atoms with E-state index >= 15 is 0 Å². The Labute approximate surface area is 123 Å². The van der Waals surface area contributed by atoms with Gasteiger partial charge in [-0.05, 0) is 25.1 Å². The molecule has 0 bridgehead atoms. The molecule has 0 unspecified atom stereocenters. The van der Waals surface area contributed by atoms with E-state index in [1.54, 1.807) is 0 Å². The number of sulfonamides is 1. The van der Waals surface area contributed by atoms with Crippen LogP contribution in [0.3, 0.4) is 0 Å². The first-order valence-corrected chi connectivity index (χ1v) is 7.21. The zero-order valence-corrected chi connectivity index (χ0v) is 12.1. The van der Waals surface area contributed by atoms with Gasteiger partial charge in [0, 0.05) is 0 Å². The molecule has 0 saturated heterocycles. The predicted octanol–water partition coefficient (Wildman–Crippen LogP) is 1.77. The Morgan fingerprint density at radius 1 is 1.48 bits per heavy atom. The van der Waals surface area contributed by atoms with Gasteiger partial charge in [0.15, 0.2) is 5.84 Å². The Balaban J connectivity index is 3.16. The summed E-state index contributed by atoms with van der Waals surface area (Å²) in [7, 11) is -4.23. The van der Waals surface area contributed by atoms with Gasteiger partial charge in [-0.25, -0.2) is 13.1 Å². The van der Waals surface area contributed by atoms with Crippen LogP contribution in [0.25, 0.3) is 0 Å². The molecule has 0 radical (unpaired) electrons. The van der Waals surface area contributed by atoms with Crippen molar-refractivity contribution in [3.8, 4) is 0 Å². The number of alkyl halides is 3. The molecule has 4 N–H and O–H groups in total. The van der Waals surface area contributed by atoms with Crippen molar-refractivity contribution in [2.75, 3.05) is 0 Å². The minimum atomic E-state index is -4.64. The van der Waals surface area contributed by atoms with E-state index in [1.807, 2.05) is 4.72 Å². The van der Waals surface area contributed by atoms with E-state index in [0.29, 0.717) is 12.1 Å². The van der Waals surface area contributed by atoms with E-state index in [0.717, 1.165) is 6.07 Å². The fraction of sp³-hybridized carbons (Fsp3) is 0.300. The lowest BCUT2D eigenvalue weighted by Crippen LogP contribution is -2.42. The largest absolute Gasteiger partial charge is 0.416 e. The normalized spacial score (nSPS) is 15.0. The summed E-state index contributed by atoms with van der Waals surface area (Å²) in [6, 6.07) is 0.754. The van der Waals surface area contributed by atoms with Gasteiger partial charge in [-0.2, -0.15) is 13.2 Å². The molecule has 0 saturated carbocycles. The molecule has 118 valence electrons. The molecule has 0 aromatic heterocycles. The van der Waals surface area contributed by atoms with Crippen LogP contribution in [-0.2, 0) is 16.2 Å². The molecule has 0 spiro atoms. The standard InChI is InChI=1S/C10H11ClF3N3O3S/c1-5(9(15)16-18)17-21(19,20)8-3-2-6(4-7(8)11)10(12,13)14/h2-5,17-18H,1H3,(H2,15,16)/t5-/m0/s1. The molecule has 1 atom stereocenters. The Morgan fingerprint density at radius 2 is 2.05 bits per heavy atom. The molecule has 0 fully saturated rings. The highest BCUT2D eigenvalue weighted by atomic mass is 35.5. The predicted molar refractivity (Wildman–Crippen MR) is 69.6 cm³/mol. The zero-order valence-electron chi connectivity index (χ0n) is 10.5. The minimum Gasteiger partial charge on any atom is -0.409 e. The number of nitrogens with two attached hydrogens (primary N) is 1. The van der Waals surface area contributed by atoms with Crippen LogP contribution in [0.4, 0.5) is 13.2 Å². The first-order valence-electron chi connectivity index (χ1n) is 5.35. The van der Waals surface area contributed by atoms with Gasteiger partial charge in [0.05, 0.1) is 16.6 Å². The van der Waals surface area contributed by atoms with Crippen molar-refractivity contribution in [1.29, 1.82) is 0 Å². The maximum Gasteiger partial charge on any atom is 0.416 e. The molecule has 11 heteroatoms. The summed E-state index contributed by atoms with van der Waals surface area (Å²) in [5, 5.41) is 10.5. The van der Waals surface area contributed by atoms with Crippen molar-refractivity contribution >= 4 is 27.5 Å². The fourth-order valence-corrected chi connectivity index (χ4v) is 3.10. The van der Waals surface area contributed by atoms with Crippen LogP contribution in [0, 0.1) is 0 Å². The lowest BCUT2D eigenvalue weighted by molar-refractivity contribution is -0.137. The second-order valence-corrected chi connectivity index (χ2v) is 6.10. The number of nitrogens with one attached hydrogen (secondary N) is 1. The topological polar surface area (TPSA) is 105 Å². The second kappa shape index (κ2) is 6.08. The van der Waals surface area contributed by atoms with Crippen LogP contribution in [0.5, 0.6) is 0 Å². The highest BCUT2D eigenvalue weighted by molar-refractivity contribution is 7.89. The van der Waals surface area contributed by atoms with Gasteiger partial charge in [-0.3, -0.25) is 0 Å². The molecule has 6 nitrogen and oxygen atoms in total.